The van der Waals surface area contributed by atoms with Crippen molar-refractivity contribution in [2.24, 2.45) is 5.10 Å². The summed E-state index contributed by atoms with van der Waals surface area (Å²) in [7, 11) is 0. The molecule has 5 heteroatoms. The molecule has 0 fully saturated rings. The fraction of sp³-hybridized carbons (Fsp3) is 0.0417. The number of carbonyl (C=O) groups excluding carboxylic acids is 2. The van der Waals surface area contributed by atoms with Crippen molar-refractivity contribution >= 4 is 29.8 Å². The molecule has 0 radical (unpaired) electrons. The number of benzene rings is 3. The first kappa shape index (κ1) is 19.8. The Labute approximate surface area is 169 Å². The second-order valence-corrected chi connectivity index (χ2v) is 6.42. The van der Waals surface area contributed by atoms with Gasteiger partial charge in [0, 0.05) is 17.3 Å². The molecule has 0 aliphatic heterocycles. The van der Waals surface area contributed by atoms with E-state index in [9.17, 15) is 9.59 Å². The molecule has 0 aliphatic rings. The standard InChI is InChI=1S/C24H21N3O2/c1-18-7-9-20(10-8-18)17-25-27-24(29)21-12-14-22(15-13-21)26-23(28)16-11-19-5-3-2-4-6-19/h2-17H,1H3,(H,26,28)(H,27,29)/b16-11+,25-17-. The van der Waals surface area contributed by atoms with Crippen LogP contribution in [-0.4, -0.2) is 18.0 Å². The Morgan fingerprint density at radius 2 is 1.52 bits per heavy atom. The highest BCUT2D eigenvalue weighted by Crippen LogP contribution is 2.10. The van der Waals surface area contributed by atoms with E-state index >= 15 is 0 Å². The van der Waals surface area contributed by atoms with Gasteiger partial charge in [0.2, 0.25) is 5.91 Å². The number of hydrazone groups is 1. The van der Waals surface area contributed by atoms with Gasteiger partial charge in [-0.25, -0.2) is 5.43 Å². The zero-order valence-corrected chi connectivity index (χ0v) is 16.0. The van der Waals surface area contributed by atoms with Crippen molar-refractivity contribution in [3.63, 3.8) is 0 Å². The third kappa shape index (κ3) is 6.29. The molecule has 0 saturated carbocycles. The minimum atomic E-state index is -0.324. The van der Waals surface area contributed by atoms with Crippen molar-refractivity contribution in [3.05, 3.63) is 107 Å². The Morgan fingerprint density at radius 1 is 0.828 bits per heavy atom. The molecule has 0 heterocycles. The van der Waals surface area contributed by atoms with E-state index in [2.05, 4.69) is 15.8 Å². The topological polar surface area (TPSA) is 70.6 Å². The number of hydrogen-bond donors (Lipinski definition) is 2. The molecule has 3 aromatic carbocycles. The van der Waals surface area contributed by atoms with Crippen molar-refractivity contribution in [3.8, 4) is 0 Å². The second-order valence-electron chi connectivity index (χ2n) is 6.42. The zero-order valence-electron chi connectivity index (χ0n) is 16.0. The van der Waals surface area contributed by atoms with E-state index < -0.39 is 0 Å². The average Bonchev–Trinajstić information content (AvgIpc) is 2.75. The van der Waals surface area contributed by atoms with Crippen molar-refractivity contribution < 1.29 is 9.59 Å². The molecule has 0 saturated heterocycles. The fourth-order valence-electron chi connectivity index (χ4n) is 2.51. The summed E-state index contributed by atoms with van der Waals surface area (Å²) in [6.45, 7) is 2.01. The van der Waals surface area contributed by atoms with Crippen molar-refractivity contribution in [2.45, 2.75) is 6.92 Å². The Kier molecular flexibility index (Phi) is 6.68. The Hall–Kier alpha value is -3.99. The van der Waals surface area contributed by atoms with E-state index in [1.165, 1.54) is 6.08 Å². The number of aryl methyl sites for hydroxylation is 1. The molecule has 2 amide bonds. The molecule has 0 spiro atoms. The van der Waals surface area contributed by atoms with Gasteiger partial charge in [-0.1, -0.05) is 60.2 Å². The van der Waals surface area contributed by atoms with Gasteiger partial charge in [0.05, 0.1) is 6.21 Å². The van der Waals surface area contributed by atoms with Crippen molar-refractivity contribution in [2.75, 3.05) is 5.32 Å². The monoisotopic (exact) mass is 383 g/mol. The smallest absolute Gasteiger partial charge is 0.271 e. The predicted molar refractivity (Wildman–Crippen MR) is 117 cm³/mol. The first-order chi connectivity index (χ1) is 14.1. The minimum absolute atomic E-state index is 0.242. The van der Waals surface area contributed by atoms with Crippen LogP contribution in [0, 0.1) is 6.92 Å². The van der Waals surface area contributed by atoms with Crippen LogP contribution in [0.25, 0.3) is 6.08 Å². The molecule has 3 aromatic rings. The number of hydrogen-bond acceptors (Lipinski definition) is 3. The zero-order chi connectivity index (χ0) is 20.5. The van der Waals surface area contributed by atoms with Crippen LogP contribution in [0.15, 0.2) is 90.0 Å². The molecule has 0 aromatic heterocycles. The summed E-state index contributed by atoms with van der Waals surface area (Å²) < 4.78 is 0. The SMILES string of the molecule is Cc1ccc(/C=N\NC(=O)c2ccc(NC(=O)/C=C/c3ccccc3)cc2)cc1. The van der Waals surface area contributed by atoms with Gasteiger partial charge in [-0.3, -0.25) is 9.59 Å². The van der Waals surface area contributed by atoms with Gasteiger partial charge in [0.15, 0.2) is 0 Å². The van der Waals surface area contributed by atoms with E-state index in [0.717, 1.165) is 16.7 Å². The Bertz CT molecular complexity index is 1020. The maximum Gasteiger partial charge on any atom is 0.271 e. The first-order valence-electron chi connectivity index (χ1n) is 9.14. The third-order valence-corrected chi connectivity index (χ3v) is 4.10. The third-order valence-electron chi connectivity index (χ3n) is 4.10. The number of nitrogens with zero attached hydrogens (tertiary/aromatic N) is 1. The molecule has 144 valence electrons. The van der Waals surface area contributed by atoms with E-state index in [1.807, 2.05) is 61.5 Å². The lowest BCUT2D eigenvalue weighted by Gasteiger charge is -2.04. The normalized spacial score (nSPS) is 10.9. The van der Waals surface area contributed by atoms with Crippen LogP contribution in [0.1, 0.15) is 27.0 Å². The largest absolute Gasteiger partial charge is 0.323 e. The maximum absolute atomic E-state index is 12.2. The summed E-state index contributed by atoms with van der Waals surface area (Å²) in [4.78, 5) is 24.2. The number of anilines is 1. The number of nitrogens with one attached hydrogen (secondary N) is 2. The predicted octanol–water partition coefficient (Wildman–Crippen LogP) is 4.41. The van der Waals surface area contributed by atoms with E-state index in [0.29, 0.717) is 11.3 Å². The summed E-state index contributed by atoms with van der Waals surface area (Å²) in [6, 6.07) is 24.0. The van der Waals surface area contributed by atoms with Gasteiger partial charge in [-0.15, -0.1) is 0 Å². The first-order valence-corrected chi connectivity index (χ1v) is 9.14. The van der Waals surface area contributed by atoms with Crippen LogP contribution in [0.5, 0.6) is 0 Å². The van der Waals surface area contributed by atoms with E-state index in [4.69, 9.17) is 0 Å². The van der Waals surface area contributed by atoms with Crippen LogP contribution >= 0.6 is 0 Å². The molecule has 2 N–H and O–H groups in total. The highest BCUT2D eigenvalue weighted by Gasteiger charge is 2.05. The lowest BCUT2D eigenvalue weighted by molar-refractivity contribution is -0.111. The number of rotatable bonds is 6. The summed E-state index contributed by atoms with van der Waals surface area (Å²) >= 11 is 0. The highest BCUT2D eigenvalue weighted by molar-refractivity contribution is 6.02. The van der Waals surface area contributed by atoms with Crippen LogP contribution in [0.4, 0.5) is 5.69 Å². The second kappa shape index (κ2) is 9.80. The van der Waals surface area contributed by atoms with Crippen molar-refractivity contribution in [1.29, 1.82) is 0 Å². The van der Waals surface area contributed by atoms with Gasteiger partial charge in [-0.2, -0.15) is 5.10 Å². The molecule has 5 nitrogen and oxygen atoms in total. The van der Waals surface area contributed by atoms with Gasteiger partial charge < -0.3 is 5.32 Å². The van der Waals surface area contributed by atoms with Crippen LogP contribution < -0.4 is 10.7 Å². The summed E-state index contributed by atoms with van der Waals surface area (Å²) in [5, 5.41) is 6.73. The van der Waals surface area contributed by atoms with Gasteiger partial charge in [0.25, 0.3) is 5.91 Å². The van der Waals surface area contributed by atoms with E-state index in [-0.39, 0.29) is 11.8 Å². The molecule has 29 heavy (non-hydrogen) atoms. The average molecular weight is 383 g/mol. The Balaban J connectivity index is 1.52. The van der Waals surface area contributed by atoms with Crippen LogP contribution in [0.3, 0.4) is 0 Å². The maximum atomic E-state index is 12.2. The van der Waals surface area contributed by atoms with Gasteiger partial charge in [0.1, 0.15) is 0 Å². The van der Waals surface area contributed by atoms with Gasteiger partial charge >= 0.3 is 0 Å². The molecule has 3 rings (SSSR count). The fourth-order valence-corrected chi connectivity index (χ4v) is 2.51. The number of carbonyl (C=O) groups is 2. The quantitative estimate of drug-likeness (QED) is 0.376. The molecule has 0 aliphatic carbocycles. The molecular weight excluding hydrogens is 362 g/mol. The van der Waals surface area contributed by atoms with Gasteiger partial charge in [-0.05, 0) is 48.4 Å². The molecule has 0 atom stereocenters. The lowest BCUT2D eigenvalue weighted by Crippen LogP contribution is -2.17. The molecular formula is C24H21N3O2. The summed E-state index contributed by atoms with van der Waals surface area (Å²) in [5.41, 5.74) is 6.55. The van der Waals surface area contributed by atoms with Crippen molar-refractivity contribution in [1.82, 2.24) is 5.43 Å². The Morgan fingerprint density at radius 3 is 2.21 bits per heavy atom. The number of amides is 2. The van der Waals surface area contributed by atoms with Crippen LogP contribution in [-0.2, 0) is 4.79 Å². The highest BCUT2D eigenvalue weighted by atomic mass is 16.2. The van der Waals surface area contributed by atoms with Crippen LogP contribution in [0.2, 0.25) is 0 Å². The minimum Gasteiger partial charge on any atom is -0.323 e. The molecule has 0 bridgehead atoms. The van der Waals surface area contributed by atoms with E-state index in [1.54, 1.807) is 36.6 Å². The summed E-state index contributed by atoms with van der Waals surface area (Å²) in [5.74, 6) is -0.566. The molecule has 0 unspecified atom stereocenters. The summed E-state index contributed by atoms with van der Waals surface area (Å²) in [6.07, 6.45) is 4.80. The lowest BCUT2D eigenvalue weighted by atomic mass is 10.2.